The molecule has 1 aliphatic heterocycles. The van der Waals surface area contributed by atoms with Crippen molar-refractivity contribution < 1.29 is 22.0 Å². The number of hydrogen-bond donors (Lipinski definition) is 0. The summed E-state index contributed by atoms with van der Waals surface area (Å²) in [4.78, 5) is 15.0. The molecule has 0 unspecified atom stereocenters. The molecule has 6 nitrogen and oxygen atoms in total. The maximum Gasteiger partial charge on any atom is 0.290 e. The number of halogens is 1. The third-order valence-corrected chi connectivity index (χ3v) is 7.33. The fourth-order valence-electron chi connectivity index (χ4n) is 3.66. The number of carbonyl (C=O) groups is 1. The van der Waals surface area contributed by atoms with Crippen LogP contribution in [0, 0.1) is 13.8 Å². The van der Waals surface area contributed by atoms with E-state index in [0.717, 1.165) is 16.5 Å². The Morgan fingerprint density at radius 3 is 2.64 bits per heavy atom. The highest BCUT2D eigenvalue weighted by Crippen LogP contribution is 2.30. The van der Waals surface area contributed by atoms with Gasteiger partial charge in [0.2, 0.25) is 0 Å². The van der Waals surface area contributed by atoms with Crippen molar-refractivity contribution in [2.75, 3.05) is 11.5 Å². The molecule has 1 amide bonds. The number of rotatable bonds is 4. The standard InChI is InChI=1S/C20H20BrNO5S/c1-12-3-5-16-13(2)19(27-17(16)9-12)20(23)22(10-15-4-6-18(21)26-15)14-7-8-28(24,25)11-14/h3-6,9,14H,7-8,10-11H2,1-2H3/t14-/m0/s1. The van der Waals surface area contributed by atoms with Gasteiger partial charge in [-0.3, -0.25) is 4.79 Å². The summed E-state index contributed by atoms with van der Waals surface area (Å²) in [5.74, 6) is 0.547. The molecule has 1 fully saturated rings. The number of furan rings is 2. The van der Waals surface area contributed by atoms with E-state index >= 15 is 0 Å². The molecule has 0 bridgehead atoms. The average molecular weight is 466 g/mol. The highest BCUT2D eigenvalue weighted by atomic mass is 79.9. The molecule has 2 aromatic heterocycles. The van der Waals surface area contributed by atoms with Gasteiger partial charge in [-0.2, -0.15) is 0 Å². The van der Waals surface area contributed by atoms with Crippen molar-refractivity contribution in [1.82, 2.24) is 4.90 Å². The molecular formula is C20H20BrNO5S. The summed E-state index contributed by atoms with van der Waals surface area (Å²) < 4.78 is 36.0. The minimum absolute atomic E-state index is 0.0427. The van der Waals surface area contributed by atoms with E-state index in [-0.39, 0.29) is 29.7 Å². The van der Waals surface area contributed by atoms with Gasteiger partial charge in [-0.1, -0.05) is 12.1 Å². The van der Waals surface area contributed by atoms with Gasteiger partial charge >= 0.3 is 0 Å². The van der Waals surface area contributed by atoms with E-state index in [9.17, 15) is 13.2 Å². The lowest BCUT2D eigenvalue weighted by Gasteiger charge is -2.26. The van der Waals surface area contributed by atoms with Crippen LogP contribution < -0.4 is 0 Å². The van der Waals surface area contributed by atoms with Crippen LogP contribution in [0.3, 0.4) is 0 Å². The summed E-state index contributed by atoms with van der Waals surface area (Å²) in [6, 6.07) is 8.92. The van der Waals surface area contributed by atoms with Crippen LogP contribution in [0.5, 0.6) is 0 Å². The second kappa shape index (κ2) is 7.08. The Bertz CT molecular complexity index is 1160. The van der Waals surface area contributed by atoms with Crippen LogP contribution in [0.15, 0.2) is 43.8 Å². The van der Waals surface area contributed by atoms with E-state index in [1.54, 1.807) is 17.0 Å². The van der Waals surface area contributed by atoms with Crippen LogP contribution in [0.2, 0.25) is 0 Å². The lowest BCUT2D eigenvalue weighted by molar-refractivity contribution is 0.0634. The molecule has 28 heavy (non-hydrogen) atoms. The van der Waals surface area contributed by atoms with Crippen LogP contribution in [-0.2, 0) is 16.4 Å². The van der Waals surface area contributed by atoms with E-state index < -0.39 is 15.9 Å². The fraction of sp³-hybridized carbons (Fsp3) is 0.350. The molecule has 1 saturated heterocycles. The Balaban J connectivity index is 1.73. The van der Waals surface area contributed by atoms with Gasteiger partial charge in [0.25, 0.3) is 5.91 Å². The van der Waals surface area contributed by atoms with Crippen molar-refractivity contribution >= 4 is 42.6 Å². The topological polar surface area (TPSA) is 80.7 Å². The van der Waals surface area contributed by atoms with Gasteiger partial charge in [0.05, 0.1) is 18.1 Å². The number of sulfone groups is 1. The number of fused-ring (bicyclic) bond motifs is 1. The van der Waals surface area contributed by atoms with Gasteiger partial charge in [0.15, 0.2) is 20.3 Å². The van der Waals surface area contributed by atoms with Gasteiger partial charge in [0.1, 0.15) is 11.3 Å². The SMILES string of the molecule is Cc1ccc2c(C)c(C(=O)N(Cc3ccc(Br)o3)[C@H]3CCS(=O)(=O)C3)oc2c1. The molecule has 3 heterocycles. The number of aryl methyl sites for hydroxylation is 2. The van der Waals surface area contributed by atoms with E-state index in [1.165, 1.54) is 0 Å². The van der Waals surface area contributed by atoms with E-state index in [1.807, 2.05) is 32.0 Å². The highest BCUT2D eigenvalue weighted by Gasteiger charge is 2.37. The van der Waals surface area contributed by atoms with Gasteiger partial charge < -0.3 is 13.7 Å². The molecule has 1 atom stereocenters. The quantitative estimate of drug-likeness (QED) is 0.575. The summed E-state index contributed by atoms with van der Waals surface area (Å²) in [7, 11) is -3.15. The van der Waals surface area contributed by atoms with Gasteiger partial charge in [-0.25, -0.2) is 8.42 Å². The Labute approximate surface area is 171 Å². The van der Waals surface area contributed by atoms with Crippen molar-refractivity contribution in [3.05, 3.63) is 57.6 Å². The normalized spacial score (nSPS) is 18.6. The molecule has 4 rings (SSSR count). The molecular weight excluding hydrogens is 446 g/mol. The van der Waals surface area contributed by atoms with Crippen LogP contribution in [0.1, 0.15) is 33.9 Å². The molecule has 0 radical (unpaired) electrons. The van der Waals surface area contributed by atoms with Crippen LogP contribution in [0.25, 0.3) is 11.0 Å². The number of amides is 1. The maximum absolute atomic E-state index is 13.4. The number of hydrogen-bond acceptors (Lipinski definition) is 5. The third kappa shape index (κ3) is 3.63. The highest BCUT2D eigenvalue weighted by molar-refractivity contribution is 9.10. The number of benzene rings is 1. The molecule has 0 aliphatic carbocycles. The van der Waals surface area contributed by atoms with Crippen molar-refractivity contribution in [3.8, 4) is 0 Å². The first-order valence-electron chi connectivity index (χ1n) is 8.99. The molecule has 8 heteroatoms. The van der Waals surface area contributed by atoms with Gasteiger partial charge in [0, 0.05) is 17.0 Å². The van der Waals surface area contributed by atoms with Crippen molar-refractivity contribution in [2.24, 2.45) is 0 Å². The van der Waals surface area contributed by atoms with Crippen LogP contribution in [-0.4, -0.2) is 36.8 Å². The third-order valence-electron chi connectivity index (χ3n) is 5.15. The van der Waals surface area contributed by atoms with Crippen molar-refractivity contribution in [3.63, 3.8) is 0 Å². The maximum atomic E-state index is 13.4. The Hall–Kier alpha value is -2.06. The summed E-state index contributed by atoms with van der Waals surface area (Å²) in [6.45, 7) is 3.99. The second-order valence-corrected chi connectivity index (χ2v) is 10.3. The zero-order chi connectivity index (χ0) is 20.1. The van der Waals surface area contributed by atoms with Crippen molar-refractivity contribution in [1.29, 1.82) is 0 Å². The van der Waals surface area contributed by atoms with E-state index in [4.69, 9.17) is 8.83 Å². The predicted molar refractivity (Wildman–Crippen MR) is 109 cm³/mol. The second-order valence-electron chi connectivity index (χ2n) is 7.25. The van der Waals surface area contributed by atoms with Crippen LogP contribution in [0.4, 0.5) is 0 Å². The molecule has 1 aromatic carbocycles. The Morgan fingerprint density at radius 2 is 2.00 bits per heavy atom. The predicted octanol–water partition coefficient (Wildman–Crippen LogP) is 4.23. The molecule has 0 N–H and O–H groups in total. The Kier molecular flexibility index (Phi) is 4.87. The average Bonchev–Trinajstić information content (AvgIpc) is 3.29. The van der Waals surface area contributed by atoms with Crippen molar-refractivity contribution in [2.45, 2.75) is 32.9 Å². The van der Waals surface area contributed by atoms with Gasteiger partial charge in [-0.05, 0) is 60.0 Å². The minimum Gasteiger partial charge on any atom is -0.452 e. The number of nitrogens with zero attached hydrogens (tertiary/aromatic N) is 1. The number of carbonyl (C=O) groups excluding carboxylic acids is 1. The monoisotopic (exact) mass is 465 g/mol. The first-order valence-corrected chi connectivity index (χ1v) is 11.6. The molecule has 148 valence electrons. The first kappa shape index (κ1) is 19.3. The summed E-state index contributed by atoms with van der Waals surface area (Å²) in [5.41, 5.74) is 2.45. The van der Waals surface area contributed by atoms with E-state index in [2.05, 4.69) is 15.9 Å². The first-order chi connectivity index (χ1) is 13.2. The fourth-order valence-corrected chi connectivity index (χ4v) is 5.73. The Morgan fingerprint density at radius 1 is 1.21 bits per heavy atom. The zero-order valence-corrected chi connectivity index (χ0v) is 18.0. The molecule has 0 saturated carbocycles. The zero-order valence-electron chi connectivity index (χ0n) is 15.6. The smallest absolute Gasteiger partial charge is 0.290 e. The lowest BCUT2D eigenvalue weighted by Crippen LogP contribution is -2.40. The largest absolute Gasteiger partial charge is 0.452 e. The molecule has 1 aliphatic rings. The lowest BCUT2D eigenvalue weighted by atomic mass is 10.1. The van der Waals surface area contributed by atoms with E-state index in [0.29, 0.717) is 22.4 Å². The van der Waals surface area contributed by atoms with Crippen LogP contribution >= 0.6 is 15.9 Å². The van der Waals surface area contributed by atoms with Gasteiger partial charge in [-0.15, -0.1) is 0 Å². The minimum atomic E-state index is -3.15. The summed E-state index contributed by atoms with van der Waals surface area (Å²) in [5, 5.41) is 0.883. The molecule has 3 aromatic rings. The summed E-state index contributed by atoms with van der Waals surface area (Å²) in [6.07, 6.45) is 0.411. The summed E-state index contributed by atoms with van der Waals surface area (Å²) >= 11 is 3.26. The molecule has 0 spiro atoms.